The molecule has 23 heavy (non-hydrogen) atoms. The second kappa shape index (κ2) is 11.6. The van der Waals surface area contributed by atoms with Gasteiger partial charge in [-0.05, 0) is 37.5 Å². The summed E-state index contributed by atoms with van der Waals surface area (Å²) < 4.78 is 5.31. The van der Waals surface area contributed by atoms with Gasteiger partial charge in [-0.2, -0.15) is 0 Å². The first-order valence-corrected chi connectivity index (χ1v) is 8.53. The Balaban J connectivity index is 2.12. The number of esters is 1. The van der Waals surface area contributed by atoms with Gasteiger partial charge in [0.1, 0.15) is 0 Å². The quantitative estimate of drug-likeness (QED) is 0.252. The van der Waals surface area contributed by atoms with Crippen molar-refractivity contribution in [2.75, 3.05) is 24.7 Å². The number of allylic oxidation sites excluding steroid dienone is 1. The molecule has 0 spiro atoms. The molecular formula is C19H30N2O2. The van der Waals surface area contributed by atoms with E-state index < -0.39 is 0 Å². The zero-order valence-electron chi connectivity index (χ0n) is 14.3. The van der Waals surface area contributed by atoms with Crippen LogP contribution in [0.4, 0.5) is 11.4 Å². The molecule has 1 aromatic carbocycles. The van der Waals surface area contributed by atoms with Gasteiger partial charge in [-0.25, -0.2) is 4.79 Å². The lowest BCUT2D eigenvalue weighted by molar-refractivity contribution is 0.0498. The molecule has 0 bridgehead atoms. The third-order valence-electron chi connectivity index (χ3n) is 3.77. The van der Waals surface area contributed by atoms with Crippen molar-refractivity contribution in [3.8, 4) is 0 Å². The molecule has 1 rings (SSSR count). The van der Waals surface area contributed by atoms with E-state index in [1.165, 1.54) is 32.1 Å². The molecule has 0 unspecified atom stereocenters. The first kappa shape index (κ1) is 19.1. The van der Waals surface area contributed by atoms with E-state index in [9.17, 15) is 4.79 Å². The minimum absolute atomic E-state index is 0.307. The van der Waals surface area contributed by atoms with Gasteiger partial charge in [-0.1, -0.05) is 38.2 Å². The summed E-state index contributed by atoms with van der Waals surface area (Å²) >= 11 is 0. The molecule has 0 saturated carbocycles. The van der Waals surface area contributed by atoms with E-state index in [1.54, 1.807) is 25.2 Å². The largest absolute Gasteiger partial charge is 0.462 e. The van der Waals surface area contributed by atoms with E-state index in [4.69, 9.17) is 10.5 Å². The van der Waals surface area contributed by atoms with Gasteiger partial charge in [0, 0.05) is 18.4 Å². The normalized spacial score (nSPS) is 10.3. The van der Waals surface area contributed by atoms with Crippen LogP contribution in [0.1, 0.15) is 61.7 Å². The molecule has 0 aliphatic rings. The number of nitrogens with one attached hydrogen (secondary N) is 1. The number of hydrogen-bond donors (Lipinski definition) is 2. The number of nitrogens with two attached hydrogens (primary N) is 1. The van der Waals surface area contributed by atoms with Gasteiger partial charge in [0.05, 0.1) is 12.2 Å². The highest BCUT2D eigenvalue weighted by Crippen LogP contribution is 2.17. The van der Waals surface area contributed by atoms with E-state index in [1.807, 2.05) is 6.08 Å². The van der Waals surface area contributed by atoms with Crippen molar-refractivity contribution in [2.24, 2.45) is 0 Å². The summed E-state index contributed by atoms with van der Waals surface area (Å²) in [7, 11) is 1.79. The number of benzene rings is 1. The zero-order chi connectivity index (χ0) is 16.9. The lowest BCUT2D eigenvalue weighted by Gasteiger charge is -2.08. The number of nitrogen functional groups attached to an aromatic ring is 1. The molecule has 4 heteroatoms. The molecule has 0 aromatic heterocycles. The third kappa shape index (κ3) is 8.29. The predicted molar refractivity (Wildman–Crippen MR) is 97.8 cm³/mol. The third-order valence-corrected chi connectivity index (χ3v) is 3.77. The number of carbonyl (C=O) groups is 1. The maximum atomic E-state index is 12.0. The van der Waals surface area contributed by atoms with Crippen LogP contribution >= 0.6 is 0 Å². The van der Waals surface area contributed by atoms with Gasteiger partial charge in [-0.3, -0.25) is 0 Å². The van der Waals surface area contributed by atoms with Crippen LogP contribution < -0.4 is 11.1 Å². The smallest absolute Gasteiger partial charge is 0.338 e. The molecule has 0 radical (unpaired) electrons. The van der Waals surface area contributed by atoms with Crippen LogP contribution in [0.5, 0.6) is 0 Å². The van der Waals surface area contributed by atoms with Crippen molar-refractivity contribution < 1.29 is 9.53 Å². The van der Waals surface area contributed by atoms with Crippen LogP contribution in [-0.4, -0.2) is 19.6 Å². The van der Waals surface area contributed by atoms with Crippen LogP contribution in [-0.2, 0) is 4.74 Å². The van der Waals surface area contributed by atoms with Crippen LogP contribution in [0.3, 0.4) is 0 Å². The van der Waals surface area contributed by atoms with Gasteiger partial charge in [0.15, 0.2) is 0 Å². The first-order chi connectivity index (χ1) is 11.2. The summed E-state index contributed by atoms with van der Waals surface area (Å²) in [5, 5.41) is 2.98. The molecule has 0 aliphatic carbocycles. The molecule has 0 amide bonds. The van der Waals surface area contributed by atoms with Gasteiger partial charge in [0.2, 0.25) is 0 Å². The predicted octanol–water partition coefficient (Wildman–Crippen LogP) is 4.77. The molecular weight excluding hydrogens is 288 g/mol. The molecule has 4 nitrogen and oxygen atoms in total. The molecule has 128 valence electrons. The van der Waals surface area contributed by atoms with Crippen molar-refractivity contribution in [1.82, 2.24) is 0 Å². The van der Waals surface area contributed by atoms with Crippen molar-refractivity contribution >= 4 is 17.3 Å². The highest BCUT2D eigenvalue weighted by molar-refractivity contribution is 5.91. The summed E-state index contributed by atoms with van der Waals surface area (Å²) in [4.78, 5) is 12.0. The minimum atomic E-state index is -0.307. The molecule has 0 fully saturated rings. The van der Waals surface area contributed by atoms with Gasteiger partial charge in [0.25, 0.3) is 0 Å². The number of hydrogen-bond acceptors (Lipinski definition) is 4. The van der Waals surface area contributed by atoms with Crippen LogP contribution in [0.15, 0.2) is 30.9 Å². The van der Waals surface area contributed by atoms with Crippen molar-refractivity contribution in [3.63, 3.8) is 0 Å². The van der Waals surface area contributed by atoms with Gasteiger partial charge < -0.3 is 15.8 Å². The summed E-state index contributed by atoms with van der Waals surface area (Å²) in [6, 6.07) is 5.18. The molecule has 0 atom stereocenters. The number of carbonyl (C=O) groups excluding carboxylic acids is 1. The summed E-state index contributed by atoms with van der Waals surface area (Å²) in [5.74, 6) is -0.307. The Hall–Kier alpha value is -1.97. The Morgan fingerprint density at radius 1 is 1.13 bits per heavy atom. The fourth-order valence-corrected chi connectivity index (χ4v) is 2.44. The topological polar surface area (TPSA) is 64.3 Å². The second-order valence-corrected chi connectivity index (χ2v) is 5.78. The Morgan fingerprint density at radius 3 is 2.43 bits per heavy atom. The summed E-state index contributed by atoms with van der Waals surface area (Å²) in [5.41, 5.74) is 7.64. The van der Waals surface area contributed by atoms with Crippen LogP contribution in [0.2, 0.25) is 0 Å². The number of rotatable bonds is 12. The average Bonchev–Trinajstić information content (AvgIpc) is 2.55. The average molecular weight is 318 g/mol. The number of ether oxygens (including phenoxy) is 1. The van der Waals surface area contributed by atoms with Crippen molar-refractivity contribution in [3.05, 3.63) is 36.4 Å². The Labute approximate surface area is 140 Å². The monoisotopic (exact) mass is 318 g/mol. The first-order valence-electron chi connectivity index (χ1n) is 8.53. The Bertz CT molecular complexity index is 486. The standard InChI is InChI=1S/C19H30N2O2/c1-3-4-5-6-7-8-9-10-11-12-23-19(22)16-13-17(20)15-18(14-16)21-2/h3,13-15,21H,1,4-12,20H2,2H3. The fraction of sp³-hybridized carbons (Fsp3) is 0.526. The van der Waals surface area contributed by atoms with Gasteiger partial charge in [-0.15, -0.1) is 6.58 Å². The molecule has 0 saturated heterocycles. The van der Waals surface area contributed by atoms with Crippen molar-refractivity contribution in [2.45, 2.75) is 51.4 Å². The number of unbranched alkanes of at least 4 members (excludes halogenated alkanes) is 7. The summed E-state index contributed by atoms with van der Waals surface area (Å²) in [6.07, 6.45) is 11.4. The van der Waals surface area contributed by atoms with Crippen LogP contribution in [0.25, 0.3) is 0 Å². The second-order valence-electron chi connectivity index (χ2n) is 5.78. The molecule has 3 N–H and O–H groups in total. The molecule has 0 heterocycles. The molecule has 0 aliphatic heterocycles. The van der Waals surface area contributed by atoms with Crippen molar-refractivity contribution in [1.29, 1.82) is 0 Å². The lowest BCUT2D eigenvalue weighted by Crippen LogP contribution is -2.08. The number of anilines is 2. The lowest BCUT2D eigenvalue weighted by atomic mass is 10.1. The fourth-order valence-electron chi connectivity index (χ4n) is 2.44. The van der Waals surface area contributed by atoms with E-state index in [-0.39, 0.29) is 5.97 Å². The minimum Gasteiger partial charge on any atom is -0.462 e. The maximum absolute atomic E-state index is 12.0. The highest BCUT2D eigenvalue weighted by Gasteiger charge is 2.09. The van der Waals surface area contributed by atoms with Gasteiger partial charge >= 0.3 is 5.97 Å². The zero-order valence-corrected chi connectivity index (χ0v) is 14.3. The van der Waals surface area contributed by atoms with E-state index in [2.05, 4.69) is 11.9 Å². The van der Waals surface area contributed by atoms with Crippen LogP contribution in [0, 0.1) is 0 Å². The Morgan fingerprint density at radius 2 is 1.78 bits per heavy atom. The van der Waals surface area contributed by atoms with E-state index in [0.717, 1.165) is 24.9 Å². The van der Waals surface area contributed by atoms with E-state index in [0.29, 0.717) is 17.9 Å². The molecule has 1 aromatic rings. The summed E-state index contributed by atoms with van der Waals surface area (Å²) in [6.45, 7) is 4.20. The SMILES string of the molecule is C=CCCCCCCCCCOC(=O)c1cc(N)cc(NC)c1. The maximum Gasteiger partial charge on any atom is 0.338 e. The van der Waals surface area contributed by atoms with E-state index >= 15 is 0 Å². The highest BCUT2D eigenvalue weighted by atomic mass is 16.5. The Kier molecular flexibility index (Phi) is 9.60.